The molecular weight excluding hydrogens is 460 g/mol. The zero-order valence-corrected chi connectivity index (χ0v) is 16.9. The lowest BCUT2D eigenvalue weighted by Gasteiger charge is -2.13. The largest absolute Gasteiger partial charge is 0.390 e. The van der Waals surface area contributed by atoms with Crippen molar-refractivity contribution in [2.45, 2.75) is 32.6 Å². The smallest absolute Gasteiger partial charge is 0.356 e. The first-order chi connectivity index (χ1) is 11.8. The van der Waals surface area contributed by atoms with Crippen molar-refractivity contribution in [3.05, 3.63) is 47.5 Å². The van der Waals surface area contributed by atoms with Gasteiger partial charge in [-0.05, 0) is 12.5 Å². The fourth-order valence-corrected chi connectivity index (χ4v) is 2.02. The third-order valence-corrected chi connectivity index (χ3v) is 3.56. The standard InChI is InChI=1S/C16H21F3N6.HI/c1-12-23-24-14(25(12)2)11-22-15(20-9-8-16(17,18)19)21-10-13-6-4-3-5-7-13;/h3-7H,8-11H2,1-2H3,(H2,20,21,22);1H. The van der Waals surface area contributed by atoms with Crippen LogP contribution in [0.5, 0.6) is 0 Å². The Kier molecular flexibility index (Phi) is 8.82. The average molecular weight is 482 g/mol. The molecule has 1 aromatic heterocycles. The first kappa shape index (κ1) is 22.2. The van der Waals surface area contributed by atoms with Crippen LogP contribution in [0.2, 0.25) is 0 Å². The summed E-state index contributed by atoms with van der Waals surface area (Å²) in [6.07, 6.45) is -5.14. The molecule has 0 spiro atoms. The molecule has 1 heterocycles. The van der Waals surface area contributed by atoms with Gasteiger partial charge in [-0.2, -0.15) is 13.2 Å². The minimum atomic E-state index is -4.21. The molecule has 0 aliphatic carbocycles. The summed E-state index contributed by atoms with van der Waals surface area (Å²) in [7, 11) is 1.82. The van der Waals surface area contributed by atoms with Gasteiger partial charge in [-0.15, -0.1) is 34.2 Å². The summed E-state index contributed by atoms with van der Waals surface area (Å²) in [6.45, 7) is 2.24. The van der Waals surface area contributed by atoms with Crippen LogP contribution in [0.3, 0.4) is 0 Å². The molecule has 1 aromatic carbocycles. The second-order valence-electron chi connectivity index (χ2n) is 5.52. The third-order valence-electron chi connectivity index (χ3n) is 3.56. The van der Waals surface area contributed by atoms with E-state index in [1.54, 1.807) is 4.57 Å². The minimum Gasteiger partial charge on any atom is -0.356 e. The highest BCUT2D eigenvalue weighted by molar-refractivity contribution is 14.0. The molecule has 0 saturated carbocycles. The lowest BCUT2D eigenvalue weighted by Crippen LogP contribution is -2.39. The lowest BCUT2D eigenvalue weighted by atomic mass is 10.2. The Hall–Kier alpha value is -1.85. The van der Waals surface area contributed by atoms with Crippen LogP contribution < -0.4 is 10.6 Å². The Balaban J connectivity index is 0.00000338. The molecule has 6 nitrogen and oxygen atoms in total. The van der Waals surface area contributed by atoms with Gasteiger partial charge in [0.15, 0.2) is 11.8 Å². The molecule has 0 saturated heterocycles. The van der Waals surface area contributed by atoms with E-state index in [-0.39, 0.29) is 30.5 Å². The minimum absolute atomic E-state index is 0. The molecular formula is C16H22F3IN6. The number of guanidine groups is 1. The summed E-state index contributed by atoms with van der Waals surface area (Å²) in [5, 5.41) is 13.7. The van der Waals surface area contributed by atoms with E-state index in [1.165, 1.54) is 0 Å². The molecule has 26 heavy (non-hydrogen) atoms. The highest BCUT2D eigenvalue weighted by Crippen LogP contribution is 2.18. The van der Waals surface area contributed by atoms with Crippen molar-refractivity contribution in [2.75, 3.05) is 6.54 Å². The van der Waals surface area contributed by atoms with Crippen molar-refractivity contribution in [1.82, 2.24) is 25.4 Å². The van der Waals surface area contributed by atoms with E-state index in [0.717, 1.165) is 11.4 Å². The van der Waals surface area contributed by atoms with Crippen LogP contribution in [-0.4, -0.2) is 33.4 Å². The normalized spacial score (nSPS) is 11.8. The van der Waals surface area contributed by atoms with Gasteiger partial charge in [-0.25, -0.2) is 4.99 Å². The van der Waals surface area contributed by atoms with E-state index in [2.05, 4.69) is 25.8 Å². The predicted octanol–water partition coefficient (Wildman–Crippen LogP) is 2.93. The molecule has 0 aliphatic heterocycles. The highest BCUT2D eigenvalue weighted by atomic mass is 127. The highest BCUT2D eigenvalue weighted by Gasteiger charge is 2.26. The van der Waals surface area contributed by atoms with Gasteiger partial charge in [0.25, 0.3) is 0 Å². The first-order valence-corrected chi connectivity index (χ1v) is 7.83. The number of hydrogen-bond donors (Lipinski definition) is 2. The van der Waals surface area contributed by atoms with Crippen LogP contribution >= 0.6 is 24.0 Å². The van der Waals surface area contributed by atoms with E-state index in [4.69, 9.17) is 0 Å². The van der Waals surface area contributed by atoms with Crippen molar-refractivity contribution in [3.63, 3.8) is 0 Å². The number of alkyl halides is 3. The van der Waals surface area contributed by atoms with E-state index in [1.807, 2.05) is 44.3 Å². The SMILES string of the molecule is Cc1nnc(CNC(=NCc2ccccc2)NCCC(F)(F)F)n1C.I. The molecule has 10 heteroatoms. The molecule has 0 radical (unpaired) electrons. The summed E-state index contributed by atoms with van der Waals surface area (Å²) in [6, 6.07) is 9.48. The van der Waals surface area contributed by atoms with Gasteiger partial charge < -0.3 is 15.2 Å². The first-order valence-electron chi connectivity index (χ1n) is 7.83. The number of aliphatic imine (C=N–C) groups is 1. The molecule has 0 unspecified atom stereocenters. The second-order valence-corrected chi connectivity index (χ2v) is 5.52. The maximum Gasteiger partial charge on any atom is 0.390 e. The van der Waals surface area contributed by atoms with Gasteiger partial charge in [0, 0.05) is 13.6 Å². The number of hydrogen-bond acceptors (Lipinski definition) is 3. The Morgan fingerprint density at radius 1 is 1.15 bits per heavy atom. The molecule has 0 atom stereocenters. The van der Waals surface area contributed by atoms with Crippen LogP contribution in [0.4, 0.5) is 13.2 Å². The van der Waals surface area contributed by atoms with Crippen molar-refractivity contribution < 1.29 is 13.2 Å². The molecule has 0 bridgehead atoms. The maximum atomic E-state index is 12.3. The number of benzene rings is 1. The van der Waals surface area contributed by atoms with Gasteiger partial charge in [0.05, 0.1) is 19.5 Å². The third kappa shape index (κ3) is 7.58. The number of nitrogens with zero attached hydrogens (tertiary/aromatic N) is 4. The fourth-order valence-electron chi connectivity index (χ4n) is 2.02. The Labute approximate surface area is 167 Å². The van der Waals surface area contributed by atoms with E-state index < -0.39 is 12.6 Å². The van der Waals surface area contributed by atoms with E-state index in [9.17, 15) is 13.2 Å². The van der Waals surface area contributed by atoms with Crippen molar-refractivity contribution in [3.8, 4) is 0 Å². The van der Waals surface area contributed by atoms with Crippen molar-refractivity contribution >= 4 is 29.9 Å². The van der Waals surface area contributed by atoms with Crippen molar-refractivity contribution in [2.24, 2.45) is 12.0 Å². The van der Waals surface area contributed by atoms with Gasteiger partial charge in [0.2, 0.25) is 0 Å². The average Bonchev–Trinajstić information content (AvgIpc) is 2.88. The topological polar surface area (TPSA) is 67.1 Å². The lowest BCUT2D eigenvalue weighted by molar-refractivity contribution is -0.132. The Morgan fingerprint density at radius 2 is 1.85 bits per heavy atom. The summed E-state index contributed by atoms with van der Waals surface area (Å²) >= 11 is 0. The van der Waals surface area contributed by atoms with Crippen LogP contribution in [0.15, 0.2) is 35.3 Å². The zero-order chi connectivity index (χ0) is 18.3. The number of nitrogens with one attached hydrogen (secondary N) is 2. The molecule has 2 rings (SSSR count). The molecule has 0 fully saturated rings. The maximum absolute atomic E-state index is 12.3. The quantitative estimate of drug-likeness (QED) is 0.378. The molecule has 2 N–H and O–H groups in total. The van der Waals surface area contributed by atoms with Crippen LogP contribution in [0, 0.1) is 6.92 Å². The van der Waals surface area contributed by atoms with Crippen LogP contribution in [0.25, 0.3) is 0 Å². The predicted molar refractivity (Wildman–Crippen MR) is 104 cm³/mol. The summed E-state index contributed by atoms with van der Waals surface area (Å²) in [5.41, 5.74) is 0.967. The van der Waals surface area contributed by atoms with Gasteiger partial charge in [-0.1, -0.05) is 30.3 Å². The van der Waals surface area contributed by atoms with Gasteiger partial charge in [-0.3, -0.25) is 0 Å². The molecule has 0 aliphatic rings. The van der Waals surface area contributed by atoms with Crippen LogP contribution in [0.1, 0.15) is 23.6 Å². The van der Waals surface area contributed by atoms with E-state index in [0.29, 0.717) is 24.9 Å². The summed E-state index contributed by atoms with van der Waals surface area (Å²) in [5.74, 6) is 1.72. The molecule has 144 valence electrons. The number of halogens is 4. The van der Waals surface area contributed by atoms with Crippen molar-refractivity contribution in [1.29, 1.82) is 0 Å². The summed E-state index contributed by atoms with van der Waals surface area (Å²) in [4.78, 5) is 4.33. The fraction of sp³-hybridized carbons (Fsp3) is 0.438. The summed E-state index contributed by atoms with van der Waals surface area (Å²) < 4.78 is 38.8. The van der Waals surface area contributed by atoms with Crippen LogP contribution in [-0.2, 0) is 20.1 Å². The molecule has 0 amide bonds. The van der Waals surface area contributed by atoms with Gasteiger partial charge >= 0.3 is 6.18 Å². The zero-order valence-electron chi connectivity index (χ0n) is 14.5. The monoisotopic (exact) mass is 482 g/mol. The van der Waals surface area contributed by atoms with E-state index >= 15 is 0 Å². The number of aromatic nitrogens is 3. The second kappa shape index (κ2) is 10.3. The molecule has 2 aromatic rings. The Bertz CT molecular complexity index is 700. The Morgan fingerprint density at radius 3 is 2.42 bits per heavy atom. The van der Waals surface area contributed by atoms with Gasteiger partial charge in [0.1, 0.15) is 5.82 Å². The number of rotatable bonds is 6. The number of aryl methyl sites for hydroxylation is 1.